The lowest BCUT2D eigenvalue weighted by Crippen LogP contribution is -2.19. The third kappa shape index (κ3) is 4.25. The first-order valence-corrected chi connectivity index (χ1v) is 8.25. The molecule has 1 N–H and O–H groups in total. The Morgan fingerprint density at radius 1 is 1.38 bits per heavy atom. The number of hydrogen-bond donors (Lipinski definition) is 1. The topological polar surface area (TPSA) is 41.0 Å². The summed E-state index contributed by atoms with van der Waals surface area (Å²) in [7, 11) is 2.07. The maximum Gasteiger partial charge on any atom is 0.185 e. The molecular formula is C16H24N4S. The molecule has 1 unspecified atom stereocenters. The van der Waals surface area contributed by atoms with Crippen LogP contribution in [0.15, 0.2) is 24.4 Å². The zero-order chi connectivity index (χ0) is 15.2. The number of pyridine rings is 1. The van der Waals surface area contributed by atoms with E-state index in [2.05, 4.69) is 43.0 Å². The minimum absolute atomic E-state index is 0.361. The number of aryl methyl sites for hydroxylation is 1. The molecule has 21 heavy (non-hydrogen) atoms. The van der Waals surface area contributed by atoms with Gasteiger partial charge in [-0.15, -0.1) is 11.3 Å². The number of anilines is 1. The zero-order valence-electron chi connectivity index (χ0n) is 13.3. The van der Waals surface area contributed by atoms with Crippen molar-refractivity contribution in [3.05, 3.63) is 40.7 Å². The summed E-state index contributed by atoms with van der Waals surface area (Å²) in [6.07, 6.45) is 2.98. The summed E-state index contributed by atoms with van der Waals surface area (Å²) in [6.45, 7) is 8.31. The molecule has 0 radical (unpaired) electrons. The van der Waals surface area contributed by atoms with Crippen molar-refractivity contribution in [3.63, 3.8) is 0 Å². The lowest BCUT2D eigenvalue weighted by atomic mass is 10.2. The Hall–Kier alpha value is -1.46. The van der Waals surface area contributed by atoms with Gasteiger partial charge in [0.25, 0.3) is 0 Å². The van der Waals surface area contributed by atoms with E-state index in [9.17, 15) is 0 Å². The predicted molar refractivity (Wildman–Crippen MR) is 89.9 cm³/mol. The second-order valence-corrected chi connectivity index (χ2v) is 6.31. The Labute approximate surface area is 131 Å². The summed E-state index contributed by atoms with van der Waals surface area (Å²) in [5.41, 5.74) is 2.19. The molecule has 5 heteroatoms. The highest BCUT2D eigenvalue weighted by atomic mass is 32.1. The molecule has 1 atom stereocenters. The second kappa shape index (κ2) is 7.52. The molecule has 114 valence electrons. The van der Waals surface area contributed by atoms with Crippen LogP contribution in [0.25, 0.3) is 0 Å². The zero-order valence-corrected chi connectivity index (χ0v) is 14.1. The summed E-state index contributed by atoms with van der Waals surface area (Å²) < 4.78 is 0. The van der Waals surface area contributed by atoms with E-state index in [4.69, 9.17) is 4.98 Å². The van der Waals surface area contributed by atoms with Crippen LogP contribution in [-0.2, 0) is 6.54 Å². The smallest absolute Gasteiger partial charge is 0.185 e. The van der Waals surface area contributed by atoms with Gasteiger partial charge in [-0.25, -0.2) is 4.98 Å². The van der Waals surface area contributed by atoms with Gasteiger partial charge >= 0.3 is 0 Å². The van der Waals surface area contributed by atoms with Crippen molar-refractivity contribution >= 4 is 16.5 Å². The van der Waals surface area contributed by atoms with Crippen molar-refractivity contribution < 1.29 is 0 Å². The van der Waals surface area contributed by atoms with Crippen molar-refractivity contribution in [1.29, 1.82) is 0 Å². The van der Waals surface area contributed by atoms with Gasteiger partial charge in [-0.3, -0.25) is 4.98 Å². The standard InChI is InChI=1S/C16H24N4S/c1-5-9-17-12(2)15-13(3)19-16(21-15)20(4)11-14-8-6-7-10-18-14/h6-8,10,12,17H,5,9,11H2,1-4H3. The molecule has 0 aliphatic rings. The number of hydrogen-bond acceptors (Lipinski definition) is 5. The number of rotatable bonds is 7. The largest absolute Gasteiger partial charge is 0.345 e. The average molecular weight is 304 g/mol. The summed E-state index contributed by atoms with van der Waals surface area (Å²) in [5.74, 6) is 0. The minimum Gasteiger partial charge on any atom is -0.345 e. The van der Waals surface area contributed by atoms with E-state index in [1.165, 1.54) is 4.88 Å². The first-order chi connectivity index (χ1) is 10.1. The molecule has 0 saturated carbocycles. The first-order valence-electron chi connectivity index (χ1n) is 7.43. The van der Waals surface area contributed by atoms with Gasteiger partial charge in [-0.1, -0.05) is 13.0 Å². The molecular weight excluding hydrogens is 280 g/mol. The van der Waals surface area contributed by atoms with Gasteiger partial charge in [0.2, 0.25) is 0 Å². The number of aromatic nitrogens is 2. The lowest BCUT2D eigenvalue weighted by Gasteiger charge is -2.15. The summed E-state index contributed by atoms with van der Waals surface area (Å²) in [5, 5.41) is 4.58. The fraction of sp³-hybridized carbons (Fsp3) is 0.500. The molecule has 0 saturated heterocycles. The van der Waals surface area contributed by atoms with Gasteiger partial charge in [0.15, 0.2) is 5.13 Å². The molecule has 2 aromatic rings. The van der Waals surface area contributed by atoms with Gasteiger partial charge in [0.1, 0.15) is 0 Å². The van der Waals surface area contributed by atoms with Crippen LogP contribution in [0.2, 0.25) is 0 Å². The highest BCUT2D eigenvalue weighted by Gasteiger charge is 2.16. The molecule has 0 amide bonds. The van der Waals surface area contributed by atoms with Crippen LogP contribution >= 0.6 is 11.3 Å². The van der Waals surface area contributed by atoms with Crippen molar-refractivity contribution in [1.82, 2.24) is 15.3 Å². The van der Waals surface area contributed by atoms with Gasteiger partial charge < -0.3 is 10.2 Å². The van der Waals surface area contributed by atoms with Gasteiger partial charge in [0, 0.05) is 24.2 Å². The summed E-state index contributed by atoms with van der Waals surface area (Å²) >= 11 is 1.77. The molecule has 0 bridgehead atoms. The highest BCUT2D eigenvalue weighted by Crippen LogP contribution is 2.30. The van der Waals surface area contributed by atoms with E-state index in [-0.39, 0.29) is 0 Å². The Balaban J connectivity index is 2.07. The van der Waals surface area contributed by atoms with Crippen LogP contribution in [0.3, 0.4) is 0 Å². The summed E-state index contributed by atoms with van der Waals surface area (Å²) in [6, 6.07) is 6.37. The molecule has 2 rings (SSSR count). The second-order valence-electron chi connectivity index (χ2n) is 5.30. The Morgan fingerprint density at radius 3 is 2.86 bits per heavy atom. The Morgan fingerprint density at radius 2 is 2.19 bits per heavy atom. The van der Waals surface area contributed by atoms with Crippen LogP contribution in [0.4, 0.5) is 5.13 Å². The van der Waals surface area contributed by atoms with Crippen LogP contribution < -0.4 is 10.2 Å². The first kappa shape index (κ1) is 15.9. The molecule has 0 aliphatic heterocycles. The van der Waals surface area contributed by atoms with E-state index >= 15 is 0 Å². The highest BCUT2D eigenvalue weighted by molar-refractivity contribution is 7.15. The van der Waals surface area contributed by atoms with E-state index < -0.39 is 0 Å². The minimum atomic E-state index is 0.361. The predicted octanol–water partition coefficient (Wildman–Crippen LogP) is 3.54. The molecule has 2 aromatic heterocycles. The molecule has 2 heterocycles. The van der Waals surface area contributed by atoms with Gasteiger partial charge in [-0.2, -0.15) is 0 Å². The maximum absolute atomic E-state index is 4.71. The quantitative estimate of drug-likeness (QED) is 0.849. The number of thiazole rings is 1. The van der Waals surface area contributed by atoms with Crippen LogP contribution in [0.5, 0.6) is 0 Å². The Kier molecular flexibility index (Phi) is 5.70. The SMILES string of the molecule is CCCNC(C)c1sc(N(C)Cc2ccccn2)nc1C. The Bertz CT molecular complexity index is 553. The van der Waals surface area contributed by atoms with Crippen molar-refractivity contribution in [2.24, 2.45) is 0 Å². The van der Waals surface area contributed by atoms with Crippen LogP contribution in [0, 0.1) is 6.92 Å². The summed E-state index contributed by atoms with van der Waals surface area (Å²) in [4.78, 5) is 12.6. The monoisotopic (exact) mass is 304 g/mol. The van der Waals surface area contributed by atoms with Crippen molar-refractivity contribution in [3.8, 4) is 0 Å². The molecule has 0 aromatic carbocycles. The van der Waals surface area contributed by atoms with Gasteiger partial charge in [-0.05, 0) is 38.9 Å². The number of nitrogens with zero attached hydrogens (tertiary/aromatic N) is 3. The van der Waals surface area contributed by atoms with E-state index in [1.54, 1.807) is 11.3 Å². The molecule has 4 nitrogen and oxygen atoms in total. The fourth-order valence-electron chi connectivity index (χ4n) is 2.21. The van der Waals surface area contributed by atoms with E-state index in [0.29, 0.717) is 6.04 Å². The molecule has 0 aliphatic carbocycles. The van der Waals surface area contributed by atoms with Crippen LogP contribution in [-0.4, -0.2) is 23.6 Å². The maximum atomic E-state index is 4.71. The fourth-order valence-corrected chi connectivity index (χ4v) is 3.27. The lowest BCUT2D eigenvalue weighted by molar-refractivity contribution is 0.575. The van der Waals surface area contributed by atoms with E-state index in [0.717, 1.165) is 36.0 Å². The third-order valence-corrected chi connectivity index (χ3v) is 4.82. The van der Waals surface area contributed by atoms with Crippen molar-refractivity contribution in [2.75, 3.05) is 18.5 Å². The molecule has 0 fully saturated rings. The van der Waals surface area contributed by atoms with Gasteiger partial charge in [0.05, 0.1) is 17.9 Å². The average Bonchev–Trinajstić information content (AvgIpc) is 2.88. The van der Waals surface area contributed by atoms with Crippen molar-refractivity contribution in [2.45, 2.75) is 39.8 Å². The third-order valence-electron chi connectivity index (χ3n) is 3.37. The molecule has 0 spiro atoms. The number of nitrogens with one attached hydrogen (secondary N) is 1. The van der Waals surface area contributed by atoms with Crippen LogP contribution in [0.1, 0.15) is 42.6 Å². The normalized spacial score (nSPS) is 12.4. The van der Waals surface area contributed by atoms with E-state index in [1.807, 2.05) is 24.4 Å².